The van der Waals surface area contributed by atoms with E-state index in [1.165, 1.54) is 11.8 Å². The van der Waals surface area contributed by atoms with Gasteiger partial charge in [-0.05, 0) is 37.2 Å². The third kappa shape index (κ3) is 3.61. The van der Waals surface area contributed by atoms with Crippen molar-refractivity contribution >= 4 is 12.3 Å². The van der Waals surface area contributed by atoms with Gasteiger partial charge in [-0.2, -0.15) is 5.10 Å². The average Bonchev–Trinajstić information content (AvgIpc) is 3.30. The molecule has 1 fully saturated rings. The molecule has 1 unspecified atom stereocenters. The Morgan fingerprint density at radius 3 is 2.68 bits per heavy atom. The van der Waals surface area contributed by atoms with Gasteiger partial charge in [0.05, 0.1) is 12.8 Å². The first-order chi connectivity index (χ1) is 10.5. The minimum absolute atomic E-state index is 0.134. The highest BCUT2D eigenvalue weighted by Gasteiger charge is 2.31. The lowest BCUT2D eigenvalue weighted by Crippen LogP contribution is -2.36. The van der Waals surface area contributed by atoms with Crippen LogP contribution in [-0.4, -0.2) is 29.1 Å². The number of carbonyl (C=O) groups excluding carboxylic acids is 2. The minimum atomic E-state index is -0.749. The molecular weight excluding hydrogens is 284 g/mol. The van der Waals surface area contributed by atoms with Crippen LogP contribution in [0.4, 0.5) is 0 Å². The molecule has 1 aromatic heterocycles. The maximum absolute atomic E-state index is 12.7. The number of methoxy groups -OCH3 is 1. The van der Waals surface area contributed by atoms with Gasteiger partial charge in [0, 0.05) is 12.0 Å². The van der Waals surface area contributed by atoms with Crippen LogP contribution >= 0.6 is 0 Å². The lowest BCUT2D eigenvalue weighted by Gasteiger charge is -2.19. The van der Waals surface area contributed by atoms with Crippen molar-refractivity contribution in [3.8, 4) is 0 Å². The molecule has 0 saturated heterocycles. The number of ether oxygens (including phenoxy) is 1. The van der Waals surface area contributed by atoms with E-state index in [9.17, 15) is 14.4 Å². The van der Waals surface area contributed by atoms with Crippen molar-refractivity contribution in [3.63, 3.8) is 0 Å². The van der Waals surface area contributed by atoms with Crippen molar-refractivity contribution in [1.82, 2.24) is 9.78 Å². The van der Waals surface area contributed by atoms with Gasteiger partial charge in [-0.25, -0.2) is 9.48 Å². The van der Waals surface area contributed by atoms with E-state index in [4.69, 9.17) is 4.74 Å². The highest BCUT2D eigenvalue weighted by atomic mass is 16.5. The van der Waals surface area contributed by atoms with Crippen molar-refractivity contribution in [2.45, 2.75) is 51.5 Å². The van der Waals surface area contributed by atoms with Crippen LogP contribution in [0.3, 0.4) is 0 Å². The number of esters is 1. The fourth-order valence-electron chi connectivity index (χ4n) is 2.55. The second kappa shape index (κ2) is 6.85. The molecule has 0 bridgehead atoms. The zero-order valence-electron chi connectivity index (χ0n) is 13.2. The van der Waals surface area contributed by atoms with Gasteiger partial charge in [0.15, 0.2) is 6.04 Å². The fourth-order valence-corrected chi connectivity index (χ4v) is 2.55. The number of hydrogen-bond acceptors (Lipinski definition) is 5. The average molecular weight is 306 g/mol. The molecule has 2 rings (SSSR count). The van der Waals surface area contributed by atoms with Gasteiger partial charge < -0.3 is 9.53 Å². The van der Waals surface area contributed by atoms with Crippen molar-refractivity contribution < 1.29 is 14.3 Å². The van der Waals surface area contributed by atoms with Crippen LogP contribution in [0.5, 0.6) is 0 Å². The smallest absolute Gasteiger partial charge is 0.330 e. The number of aldehydes is 1. The summed E-state index contributed by atoms with van der Waals surface area (Å²) in [6, 6.07) is 0.954. The molecule has 6 heteroatoms. The number of hydrogen-bond donors (Lipinski definition) is 0. The molecule has 22 heavy (non-hydrogen) atoms. The lowest BCUT2D eigenvalue weighted by atomic mass is 10.0. The van der Waals surface area contributed by atoms with Gasteiger partial charge in [-0.1, -0.05) is 13.8 Å². The summed E-state index contributed by atoms with van der Waals surface area (Å²) in [5.74, 6) is -0.0466. The van der Waals surface area contributed by atoms with E-state index in [0.29, 0.717) is 17.7 Å². The predicted octanol–water partition coefficient (Wildman–Crippen LogP) is 1.62. The molecule has 1 atom stereocenters. The van der Waals surface area contributed by atoms with Gasteiger partial charge in [-0.15, -0.1) is 0 Å². The summed E-state index contributed by atoms with van der Waals surface area (Å²) >= 11 is 0. The Kier molecular flexibility index (Phi) is 5.11. The Bertz CT molecular complexity index is 617. The summed E-state index contributed by atoms with van der Waals surface area (Å²) in [7, 11) is 1.30. The molecule has 1 saturated carbocycles. The Hall–Kier alpha value is -1.98. The predicted molar refractivity (Wildman–Crippen MR) is 80.7 cm³/mol. The number of aromatic nitrogens is 2. The maximum Gasteiger partial charge on any atom is 0.330 e. The lowest BCUT2D eigenvalue weighted by molar-refractivity contribution is -0.145. The summed E-state index contributed by atoms with van der Waals surface area (Å²) in [5, 5.41) is 4.23. The topological polar surface area (TPSA) is 78.3 Å². The summed E-state index contributed by atoms with van der Waals surface area (Å²) in [6.45, 7) is 3.94. The van der Waals surface area contributed by atoms with Crippen LogP contribution in [-0.2, 0) is 20.7 Å². The van der Waals surface area contributed by atoms with Crippen LogP contribution < -0.4 is 5.56 Å². The van der Waals surface area contributed by atoms with E-state index < -0.39 is 12.0 Å². The molecule has 0 amide bonds. The van der Waals surface area contributed by atoms with Crippen LogP contribution in [0.25, 0.3) is 0 Å². The molecule has 0 radical (unpaired) electrons. The molecule has 0 N–H and O–H groups in total. The monoisotopic (exact) mass is 306 g/mol. The van der Waals surface area contributed by atoms with Crippen LogP contribution in [0.15, 0.2) is 10.9 Å². The standard InChI is InChI=1S/C16H22N2O4/c1-10(2)8-14(16(21)22-3)18-15(20)13(11-4-5-11)9-12(17-18)6-7-19/h7,9-11,14H,4-6,8H2,1-3H3. The van der Waals surface area contributed by atoms with Crippen molar-refractivity contribution in [2.24, 2.45) is 5.92 Å². The fraction of sp³-hybridized carbons (Fsp3) is 0.625. The largest absolute Gasteiger partial charge is 0.467 e. The first-order valence-corrected chi connectivity index (χ1v) is 7.62. The van der Waals surface area contributed by atoms with Gasteiger partial charge >= 0.3 is 5.97 Å². The Morgan fingerprint density at radius 2 is 2.18 bits per heavy atom. The third-order valence-corrected chi connectivity index (χ3v) is 3.79. The molecule has 0 aromatic carbocycles. The first-order valence-electron chi connectivity index (χ1n) is 7.62. The molecule has 0 aliphatic heterocycles. The minimum Gasteiger partial charge on any atom is -0.467 e. The highest BCUT2D eigenvalue weighted by Crippen LogP contribution is 2.38. The summed E-state index contributed by atoms with van der Waals surface area (Å²) in [6.07, 6.45) is 3.28. The van der Waals surface area contributed by atoms with Crippen molar-refractivity contribution in [1.29, 1.82) is 0 Å². The van der Waals surface area contributed by atoms with Gasteiger partial charge in [-0.3, -0.25) is 4.79 Å². The maximum atomic E-state index is 12.7. The zero-order chi connectivity index (χ0) is 16.3. The molecule has 1 aromatic rings. The van der Waals surface area contributed by atoms with E-state index >= 15 is 0 Å². The molecule has 120 valence electrons. The quantitative estimate of drug-likeness (QED) is 0.565. The van der Waals surface area contributed by atoms with Crippen molar-refractivity contribution in [2.75, 3.05) is 7.11 Å². The molecule has 6 nitrogen and oxygen atoms in total. The zero-order valence-corrected chi connectivity index (χ0v) is 13.2. The number of nitrogens with zero attached hydrogens (tertiary/aromatic N) is 2. The van der Waals surface area contributed by atoms with Crippen molar-refractivity contribution in [3.05, 3.63) is 27.7 Å². The summed E-state index contributed by atoms with van der Waals surface area (Å²) < 4.78 is 6.05. The van der Waals surface area contributed by atoms with Gasteiger partial charge in [0.1, 0.15) is 6.29 Å². The van der Waals surface area contributed by atoms with Gasteiger partial charge in [0.25, 0.3) is 5.56 Å². The van der Waals surface area contributed by atoms with Crippen LogP contribution in [0.2, 0.25) is 0 Å². The summed E-state index contributed by atoms with van der Waals surface area (Å²) in [5.41, 5.74) is 0.937. The molecular formula is C16H22N2O4. The molecule has 0 spiro atoms. The van der Waals surface area contributed by atoms with Gasteiger partial charge in [0.2, 0.25) is 0 Å². The van der Waals surface area contributed by atoms with Crippen LogP contribution in [0.1, 0.15) is 56.3 Å². The Labute approximate surface area is 129 Å². The van der Waals surface area contributed by atoms with E-state index in [0.717, 1.165) is 19.1 Å². The SMILES string of the molecule is COC(=O)C(CC(C)C)n1nc(CC=O)cc(C2CC2)c1=O. The first kappa shape index (κ1) is 16.4. The van der Waals surface area contributed by atoms with Crippen LogP contribution in [0, 0.1) is 5.92 Å². The molecule has 1 aliphatic carbocycles. The van der Waals surface area contributed by atoms with E-state index in [1.54, 1.807) is 6.07 Å². The Balaban J connectivity index is 2.51. The highest BCUT2D eigenvalue weighted by molar-refractivity contribution is 5.74. The molecule has 1 aliphatic rings. The van der Waals surface area contributed by atoms with E-state index in [-0.39, 0.29) is 23.8 Å². The number of rotatable bonds is 7. The van der Waals surface area contributed by atoms with E-state index in [2.05, 4.69) is 5.10 Å². The van der Waals surface area contributed by atoms with E-state index in [1.807, 2.05) is 13.8 Å². The molecule has 1 heterocycles. The normalized spacial score (nSPS) is 15.6. The second-order valence-corrected chi connectivity index (χ2v) is 6.15. The summed E-state index contributed by atoms with van der Waals surface area (Å²) in [4.78, 5) is 35.5. The Morgan fingerprint density at radius 1 is 1.50 bits per heavy atom. The second-order valence-electron chi connectivity index (χ2n) is 6.15. The number of carbonyl (C=O) groups is 2. The third-order valence-electron chi connectivity index (χ3n) is 3.79.